The molecule has 0 aliphatic heterocycles. The Morgan fingerprint density at radius 2 is 1.77 bits per heavy atom. The third-order valence-corrected chi connectivity index (χ3v) is 10.5. The molecule has 1 N–H and O–H groups in total. The molecule has 0 radical (unpaired) electrons. The van der Waals surface area contributed by atoms with E-state index in [4.69, 9.17) is 0 Å². The standard InChI is InChI=1S/C28H44O2/c1-17(2)18(3)7-8-19(4)22-9-10-23-26-24(12-14-28(22,23)6)27(5)13-11-21(29)15-20(27)16-25(26)30/h7-8,15,17-19,22-26,30H,9-14,16H2,1-6H3. The van der Waals surface area contributed by atoms with Gasteiger partial charge in [-0.3, -0.25) is 4.79 Å². The van der Waals surface area contributed by atoms with Gasteiger partial charge < -0.3 is 5.11 Å². The smallest absolute Gasteiger partial charge is 0.155 e. The molecule has 9 unspecified atom stereocenters. The van der Waals surface area contributed by atoms with Gasteiger partial charge in [0.25, 0.3) is 0 Å². The van der Waals surface area contributed by atoms with Crippen molar-refractivity contribution in [1.29, 1.82) is 0 Å². The van der Waals surface area contributed by atoms with Gasteiger partial charge in [0.15, 0.2) is 5.78 Å². The van der Waals surface area contributed by atoms with Crippen molar-refractivity contribution in [2.24, 2.45) is 52.3 Å². The number of carbonyl (C=O) groups excluding carboxylic acids is 1. The second kappa shape index (κ2) is 7.91. The quantitative estimate of drug-likeness (QED) is 0.529. The highest BCUT2D eigenvalue weighted by Gasteiger charge is 2.61. The van der Waals surface area contributed by atoms with Gasteiger partial charge in [-0.25, -0.2) is 0 Å². The normalized spacial score (nSPS) is 45.7. The molecule has 3 saturated carbocycles. The molecule has 0 spiro atoms. The van der Waals surface area contributed by atoms with Gasteiger partial charge in [-0.05, 0) is 96.9 Å². The SMILES string of the molecule is CC(C)C(C)C=CC(C)C1CCC2C3C(O)CC4=CC(=O)CCC4(C)C3CCC12C. The number of allylic oxidation sites excluding steroid dienone is 2. The number of aliphatic hydroxyl groups excluding tert-OH is 1. The third kappa shape index (κ3) is 3.46. The summed E-state index contributed by atoms with van der Waals surface area (Å²) in [6, 6.07) is 0. The third-order valence-electron chi connectivity index (χ3n) is 10.5. The van der Waals surface area contributed by atoms with Gasteiger partial charge in [0.05, 0.1) is 6.10 Å². The number of fused-ring (bicyclic) bond motifs is 5. The molecule has 0 aromatic carbocycles. The highest BCUT2D eigenvalue weighted by atomic mass is 16.3. The molecule has 4 aliphatic carbocycles. The zero-order valence-electron chi connectivity index (χ0n) is 20.2. The van der Waals surface area contributed by atoms with Crippen LogP contribution < -0.4 is 0 Å². The van der Waals surface area contributed by atoms with E-state index in [9.17, 15) is 9.90 Å². The Morgan fingerprint density at radius 3 is 2.47 bits per heavy atom. The summed E-state index contributed by atoms with van der Waals surface area (Å²) in [5, 5.41) is 11.3. The fourth-order valence-corrected chi connectivity index (χ4v) is 8.14. The van der Waals surface area contributed by atoms with Crippen molar-refractivity contribution in [3.63, 3.8) is 0 Å². The lowest BCUT2D eigenvalue weighted by atomic mass is 9.46. The molecule has 168 valence electrons. The van der Waals surface area contributed by atoms with Crippen molar-refractivity contribution >= 4 is 5.78 Å². The summed E-state index contributed by atoms with van der Waals surface area (Å²) in [6.45, 7) is 14.3. The highest BCUT2D eigenvalue weighted by Crippen LogP contribution is 2.67. The number of rotatable bonds is 4. The van der Waals surface area contributed by atoms with Crippen LogP contribution in [0.2, 0.25) is 0 Å². The molecule has 0 saturated heterocycles. The largest absolute Gasteiger partial charge is 0.392 e. The Morgan fingerprint density at radius 1 is 1.03 bits per heavy atom. The summed E-state index contributed by atoms with van der Waals surface area (Å²) in [4.78, 5) is 12.1. The van der Waals surface area contributed by atoms with Crippen LogP contribution >= 0.6 is 0 Å². The van der Waals surface area contributed by atoms with Gasteiger partial charge in [0.2, 0.25) is 0 Å². The van der Waals surface area contributed by atoms with Crippen LogP contribution in [0.5, 0.6) is 0 Å². The Labute approximate surface area is 184 Å². The fourth-order valence-electron chi connectivity index (χ4n) is 8.14. The van der Waals surface area contributed by atoms with Crippen molar-refractivity contribution in [3.8, 4) is 0 Å². The molecule has 0 bridgehead atoms. The van der Waals surface area contributed by atoms with Crippen molar-refractivity contribution in [1.82, 2.24) is 0 Å². The molecule has 4 rings (SSSR count). The van der Waals surface area contributed by atoms with E-state index in [1.165, 1.54) is 31.3 Å². The molecule has 2 heteroatoms. The molecule has 9 atom stereocenters. The van der Waals surface area contributed by atoms with Crippen LogP contribution in [-0.4, -0.2) is 17.0 Å². The first kappa shape index (κ1) is 22.3. The van der Waals surface area contributed by atoms with E-state index in [2.05, 4.69) is 53.7 Å². The summed E-state index contributed by atoms with van der Waals surface area (Å²) >= 11 is 0. The van der Waals surface area contributed by atoms with Crippen LogP contribution in [-0.2, 0) is 4.79 Å². The average Bonchev–Trinajstić information content (AvgIpc) is 3.04. The maximum Gasteiger partial charge on any atom is 0.155 e. The van der Waals surface area contributed by atoms with E-state index in [1.807, 2.05) is 6.08 Å². The second-order valence-electron chi connectivity index (χ2n) is 12.2. The van der Waals surface area contributed by atoms with Crippen LogP contribution in [0.4, 0.5) is 0 Å². The van der Waals surface area contributed by atoms with E-state index in [0.717, 1.165) is 18.8 Å². The van der Waals surface area contributed by atoms with Crippen molar-refractivity contribution in [3.05, 3.63) is 23.8 Å². The monoisotopic (exact) mass is 412 g/mol. The van der Waals surface area contributed by atoms with Gasteiger partial charge in [-0.15, -0.1) is 0 Å². The van der Waals surface area contributed by atoms with E-state index in [-0.39, 0.29) is 17.3 Å². The molecule has 0 heterocycles. The Hall–Kier alpha value is -0.890. The molecule has 3 fully saturated rings. The first-order valence-corrected chi connectivity index (χ1v) is 12.7. The lowest BCUT2D eigenvalue weighted by Crippen LogP contribution is -2.55. The van der Waals surface area contributed by atoms with E-state index >= 15 is 0 Å². The second-order valence-corrected chi connectivity index (χ2v) is 12.2. The Kier molecular flexibility index (Phi) is 5.88. The number of carbonyl (C=O) groups is 1. The number of ketones is 1. The lowest BCUT2D eigenvalue weighted by molar-refractivity contribution is -0.124. The van der Waals surface area contributed by atoms with Crippen molar-refractivity contribution < 1.29 is 9.90 Å². The van der Waals surface area contributed by atoms with Gasteiger partial charge in [0, 0.05) is 6.42 Å². The highest BCUT2D eigenvalue weighted by molar-refractivity contribution is 5.91. The maximum atomic E-state index is 12.1. The molecule has 0 amide bonds. The molecule has 30 heavy (non-hydrogen) atoms. The topological polar surface area (TPSA) is 37.3 Å². The molecule has 0 aromatic rings. The van der Waals surface area contributed by atoms with Crippen LogP contribution in [0, 0.1) is 52.3 Å². The van der Waals surface area contributed by atoms with E-state index < -0.39 is 0 Å². The van der Waals surface area contributed by atoms with Gasteiger partial charge >= 0.3 is 0 Å². The van der Waals surface area contributed by atoms with Gasteiger partial charge in [-0.2, -0.15) is 0 Å². The summed E-state index contributed by atoms with van der Waals surface area (Å²) in [6.07, 6.45) is 14.1. The minimum absolute atomic E-state index is 0.134. The Bertz CT molecular complexity index is 733. The average molecular weight is 413 g/mol. The predicted molar refractivity (Wildman–Crippen MR) is 124 cm³/mol. The first-order chi connectivity index (χ1) is 14.1. The molecule has 4 aliphatic rings. The van der Waals surface area contributed by atoms with Crippen LogP contribution in [0.3, 0.4) is 0 Å². The van der Waals surface area contributed by atoms with Crippen molar-refractivity contribution in [2.45, 2.75) is 92.6 Å². The molecule has 2 nitrogen and oxygen atoms in total. The number of hydrogen-bond acceptors (Lipinski definition) is 2. The van der Waals surface area contributed by atoms with Crippen LogP contribution in [0.1, 0.15) is 86.5 Å². The van der Waals surface area contributed by atoms with Crippen molar-refractivity contribution in [2.75, 3.05) is 0 Å². The zero-order valence-corrected chi connectivity index (χ0v) is 20.2. The molecular weight excluding hydrogens is 368 g/mol. The molecule has 0 aromatic heterocycles. The number of aliphatic hydroxyl groups is 1. The number of hydrogen-bond donors (Lipinski definition) is 1. The summed E-state index contributed by atoms with van der Waals surface area (Å²) in [5.74, 6) is 4.52. The predicted octanol–water partition coefficient (Wildman–Crippen LogP) is 6.59. The maximum absolute atomic E-state index is 12.1. The summed E-state index contributed by atoms with van der Waals surface area (Å²) in [5.41, 5.74) is 1.73. The molecular formula is C28H44O2. The summed E-state index contributed by atoms with van der Waals surface area (Å²) < 4.78 is 0. The fraction of sp³-hybridized carbons (Fsp3) is 0.821. The van der Waals surface area contributed by atoms with Gasteiger partial charge in [-0.1, -0.05) is 59.3 Å². The first-order valence-electron chi connectivity index (χ1n) is 12.7. The van der Waals surface area contributed by atoms with E-state index in [1.54, 1.807) is 0 Å². The van der Waals surface area contributed by atoms with Gasteiger partial charge in [0.1, 0.15) is 0 Å². The Balaban J connectivity index is 1.57. The summed E-state index contributed by atoms with van der Waals surface area (Å²) in [7, 11) is 0. The van der Waals surface area contributed by atoms with Crippen LogP contribution in [0.15, 0.2) is 23.8 Å². The van der Waals surface area contributed by atoms with E-state index in [0.29, 0.717) is 47.3 Å². The minimum Gasteiger partial charge on any atom is -0.392 e. The zero-order chi connectivity index (χ0) is 21.8. The lowest BCUT2D eigenvalue weighted by Gasteiger charge is -2.59. The minimum atomic E-state index is -0.268. The van der Waals surface area contributed by atoms with Crippen LogP contribution in [0.25, 0.3) is 0 Å².